The van der Waals surface area contributed by atoms with Gasteiger partial charge in [-0.2, -0.15) is 9.66 Å². The summed E-state index contributed by atoms with van der Waals surface area (Å²) in [6.45, 7) is 6.99. The summed E-state index contributed by atoms with van der Waals surface area (Å²) < 4.78 is 2.18. The maximum atomic E-state index is 9.61. The lowest BCUT2D eigenvalue weighted by atomic mass is 10.1. The molecule has 0 unspecified atom stereocenters. The Bertz CT molecular complexity index is 963. The van der Waals surface area contributed by atoms with Crippen molar-refractivity contribution in [1.82, 2.24) is 4.98 Å². The van der Waals surface area contributed by atoms with Crippen LogP contribution in [0.1, 0.15) is 11.1 Å². The maximum absolute atomic E-state index is 9.61. The van der Waals surface area contributed by atoms with E-state index in [1.165, 1.54) is 4.90 Å². The molecule has 0 spiro atoms. The minimum absolute atomic E-state index is 0.243. The number of para-hydroxylation sites is 2. The molecule has 0 atom stereocenters. The summed E-state index contributed by atoms with van der Waals surface area (Å²) >= 11 is 0. The zero-order chi connectivity index (χ0) is 17.4. The molecule has 0 aliphatic carbocycles. The van der Waals surface area contributed by atoms with Crippen LogP contribution in [0.15, 0.2) is 30.3 Å². The van der Waals surface area contributed by atoms with Crippen LogP contribution in [0.25, 0.3) is 16.7 Å². The largest absolute Gasteiger partial charge is 0.391 e. The first-order valence-electron chi connectivity index (χ1n) is 8.78. The second-order valence-electron chi connectivity index (χ2n) is 6.71. The number of aliphatic hydroxyl groups excluding tert-OH is 1. The molecule has 6 heteroatoms. The van der Waals surface area contributed by atoms with Gasteiger partial charge in [-0.25, -0.2) is 0 Å². The van der Waals surface area contributed by atoms with Crippen molar-refractivity contribution in [3.63, 3.8) is 0 Å². The molecular weight excluding hydrogens is 314 g/mol. The van der Waals surface area contributed by atoms with Crippen LogP contribution in [-0.2, 0) is 0 Å². The summed E-state index contributed by atoms with van der Waals surface area (Å²) in [6, 6.07) is 12.7. The number of aliphatic hydroxyl groups is 1. The zero-order valence-electron chi connectivity index (χ0n) is 14.4. The van der Waals surface area contributed by atoms with Crippen molar-refractivity contribution in [3.8, 4) is 6.07 Å². The molecule has 4 rings (SSSR count). The monoisotopic (exact) mass is 337 g/mol. The molecule has 0 bridgehead atoms. The molecule has 0 saturated carbocycles. The molecule has 128 valence electrons. The van der Waals surface area contributed by atoms with Crippen molar-refractivity contribution in [2.24, 2.45) is 0 Å². The number of aromatic amines is 1. The van der Waals surface area contributed by atoms with E-state index in [4.69, 9.17) is 5.11 Å². The Morgan fingerprint density at radius 1 is 1.32 bits per heavy atom. The summed E-state index contributed by atoms with van der Waals surface area (Å²) in [4.78, 5) is 7.26. The molecule has 1 aliphatic heterocycles. The van der Waals surface area contributed by atoms with E-state index in [2.05, 4.69) is 32.5 Å². The minimum Gasteiger partial charge on any atom is -0.391 e. The number of H-pyrrole nitrogens is 1. The fourth-order valence-electron chi connectivity index (χ4n) is 3.84. The average Bonchev–Trinajstić information content (AvgIpc) is 3.01. The number of fused-ring (bicyclic) bond motifs is 3. The maximum Gasteiger partial charge on any atom is 0.250 e. The third-order valence-electron chi connectivity index (χ3n) is 5.20. The van der Waals surface area contributed by atoms with Crippen LogP contribution in [0.2, 0.25) is 0 Å². The van der Waals surface area contributed by atoms with Gasteiger partial charge in [0.1, 0.15) is 55.4 Å². The number of pyridine rings is 1. The third kappa shape index (κ3) is 2.62. The summed E-state index contributed by atoms with van der Waals surface area (Å²) in [5, 5.41) is 18.8. The van der Waals surface area contributed by atoms with Crippen LogP contribution in [0.3, 0.4) is 0 Å². The predicted molar refractivity (Wildman–Crippen MR) is 95.8 cm³/mol. The first-order valence-corrected chi connectivity index (χ1v) is 8.78. The first-order chi connectivity index (χ1) is 12.2. The van der Waals surface area contributed by atoms with Gasteiger partial charge in [0.25, 0.3) is 0 Å². The number of benzene rings is 1. The third-order valence-corrected chi connectivity index (χ3v) is 5.20. The number of anilines is 1. The van der Waals surface area contributed by atoms with Gasteiger partial charge in [-0.1, -0.05) is 12.1 Å². The van der Waals surface area contributed by atoms with Crippen molar-refractivity contribution in [2.75, 3.05) is 44.2 Å². The molecule has 1 aromatic carbocycles. The van der Waals surface area contributed by atoms with E-state index in [-0.39, 0.29) is 6.61 Å². The smallest absolute Gasteiger partial charge is 0.250 e. The molecule has 1 fully saturated rings. The van der Waals surface area contributed by atoms with Gasteiger partial charge in [0, 0.05) is 6.07 Å². The van der Waals surface area contributed by atoms with Crippen molar-refractivity contribution in [1.29, 1.82) is 5.26 Å². The summed E-state index contributed by atoms with van der Waals surface area (Å²) in [7, 11) is 0. The van der Waals surface area contributed by atoms with E-state index >= 15 is 0 Å². The molecular formula is C19H23N5O+2. The van der Waals surface area contributed by atoms with Gasteiger partial charge in [0.15, 0.2) is 0 Å². The van der Waals surface area contributed by atoms with Crippen molar-refractivity contribution in [3.05, 3.63) is 41.5 Å². The standard InChI is InChI=1S/C19H21N5O/c1-14-12-18(23-8-6-22(7-9-23)10-11-25)24-17-5-3-2-4-16(17)21-19(24)15(14)13-20/h2-5,12,25H,6-11H2,1H3/p+2. The summed E-state index contributed by atoms with van der Waals surface area (Å²) in [5.41, 5.74) is 4.69. The zero-order valence-corrected chi connectivity index (χ0v) is 14.4. The lowest BCUT2D eigenvalue weighted by molar-refractivity contribution is -0.901. The molecule has 3 heterocycles. The number of rotatable bonds is 3. The topological polar surface area (TPSA) is 71.6 Å². The number of quaternary nitrogens is 1. The van der Waals surface area contributed by atoms with E-state index in [0.717, 1.165) is 60.8 Å². The quantitative estimate of drug-likeness (QED) is 0.579. The van der Waals surface area contributed by atoms with Crippen LogP contribution in [0.5, 0.6) is 0 Å². The SMILES string of the molecule is Cc1cc(N2CC[NH+](CCO)CC2)[n+]2c([nH]c3ccccc32)c1C#N. The number of imidazole rings is 1. The normalized spacial score (nSPS) is 15.8. The number of hydrogen-bond acceptors (Lipinski definition) is 3. The first kappa shape index (κ1) is 15.9. The summed E-state index contributed by atoms with van der Waals surface area (Å²) in [5.74, 6) is 1.13. The Morgan fingerprint density at radius 3 is 2.80 bits per heavy atom. The Morgan fingerprint density at radius 2 is 2.08 bits per heavy atom. The van der Waals surface area contributed by atoms with Gasteiger partial charge in [0.2, 0.25) is 11.5 Å². The highest BCUT2D eigenvalue weighted by atomic mass is 16.3. The number of aryl methyl sites for hydroxylation is 1. The molecule has 2 aromatic heterocycles. The van der Waals surface area contributed by atoms with Gasteiger partial charge in [0.05, 0.1) is 6.61 Å². The average molecular weight is 337 g/mol. The summed E-state index contributed by atoms with van der Waals surface area (Å²) in [6.07, 6.45) is 0. The molecule has 3 N–H and O–H groups in total. The van der Waals surface area contributed by atoms with E-state index in [1.807, 2.05) is 25.1 Å². The Labute approximate surface area is 146 Å². The van der Waals surface area contributed by atoms with Gasteiger partial charge in [-0.05, 0) is 24.6 Å². The van der Waals surface area contributed by atoms with E-state index in [0.29, 0.717) is 5.56 Å². The number of hydrogen-bond donors (Lipinski definition) is 3. The molecule has 25 heavy (non-hydrogen) atoms. The van der Waals surface area contributed by atoms with E-state index in [9.17, 15) is 5.26 Å². The van der Waals surface area contributed by atoms with Crippen LogP contribution in [-0.4, -0.2) is 49.4 Å². The number of nitrogens with zero attached hydrogens (tertiary/aromatic N) is 3. The van der Waals surface area contributed by atoms with Crippen LogP contribution in [0, 0.1) is 18.3 Å². The molecule has 0 radical (unpaired) electrons. The highest BCUT2D eigenvalue weighted by molar-refractivity contribution is 5.77. The fraction of sp³-hybridized carbons (Fsp3) is 0.368. The van der Waals surface area contributed by atoms with Crippen LogP contribution in [0.4, 0.5) is 5.82 Å². The van der Waals surface area contributed by atoms with Crippen LogP contribution < -0.4 is 14.2 Å². The second-order valence-corrected chi connectivity index (χ2v) is 6.71. The minimum atomic E-state index is 0.243. The fourth-order valence-corrected chi connectivity index (χ4v) is 3.84. The van der Waals surface area contributed by atoms with Crippen molar-refractivity contribution in [2.45, 2.75) is 6.92 Å². The molecule has 6 nitrogen and oxygen atoms in total. The van der Waals surface area contributed by atoms with Gasteiger partial charge in [-0.3, -0.25) is 9.88 Å². The van der Waals surface area contributed by atoms with Gasteiger partial charge >= 0.3 is 0 Å². The Hall–Kier alpha value is -2.62. The number of piperazine rings is 1. The highest BCUT2D eigenvalue weighted by Gasteiger charge is 2.28. The predicted octanol–water partition coefficient (Wildman–Crippen LogP) is -0.216. The Kier molecular flexibility index (Phi) is 4.04. The van der Waals surface area contributed by atoms with Gasteiger partial charge < -0.3 is 10.0 Å². The lowest BCUT2D eigenvalue weighted by Gasteiger charge is -2.30. The molecule has 3 aromatic rings. The van der Waals surface area contributed by atoms with Gasteiger partial charge in [-0.15, -0.1) is 0 Å². The molecule has 0 amide bonds. The molecule has 1 saturated heterocycles. The second kappa shape index (κ2) is 6.36. The van der Waals surface area contributed by atoms with E-state index in [1.54, 1.807) is 0 Å². The van der Waals surface area contributed by atoms with Crippen molar-refractivity contribution < 1.29 is 14.4 Å². The highest BCUT2D eigenvalue weighted by Crippen LogP contribution is 2.22. The van der Waals surface area contributed by atoms with Crippen molar-refractivity contribution >= 4 is 22.5 Å². The van der Waals surface area contributed by atoms with E-state index < -0.39 is 0 Å². The molecule has 1 aliphatic rings. The lowest BCUT2D eigenvalue weighted by Crippen LogP contribution is -3.15. The number of nitriles is 1. The van der Waals surface area contributed by atoms with Crippen LogP contribution >= 0.6 is 0 Å². The Balaban J connectivity index is 1.85. The number of aromatic nitrogens is 2. The number of nitrogens with one attached hydrogen (secondary N) is 2.